The number of hydrogen-bond acceptors (Lipinski definition) is 32. The van der Waals surface area contributed by atoms with Gasteiger partial charge in [0.15, 0.2) is 86.2 Å². The Hall–Kier alpha value is -7.90. The number of ether oxygens (including phenoxy) is 4. The number of nitrogens with one attached hydrogen (secondary N) is 6. The molecule has 0 unspecified atom stereocenters. The largest absolute Gasteiger partial charge is 0.414 e. The molecule has 8 aromatic rings. The SMILES string of the molecule is C.CC(C)(C)[Si](C)(C)OC[C@H]1O[C@@H](n2cnc3c(=O)[nH]c(N)nc32)[C@H](O[Si](C)(C)C(C)(C)C)[C@@H]1NN.Nc1nc2c(ncn2[C@@H]2O[C@H](CC=O)[C@@H](O)[C@H]2O)c(=O)[nH]1.Nc1nc2c(ncn2[C@@H]2O[C@H](CCCN[C@H]3[C@@H](O)[C@H](n4cnc5c(=O)[nH]c(N)nc54)O[C@@H]3CO)[C@@H](O)[C@H]2O)c(=O)[nH]1. The highest BCUT2D eigenvalue weighted by Crippen LogP contribution is 2.44. The van der Waals surface area contributed by atoms with Crippen LogP contribution in [-0.4, -0.2) is 225 Å². The average molecular weight is 1410 g/mol. The molecule has 0 amide bonds. The lowest BCUT2D eigenvalue weighted by Gasteiger charge is -2.41. The Labute approximate surface area is 559 Å². The van der Waals surface area contributed by atoms with E-state index in [0.717, 1.165) is 0 Å². The molecule has 0 spiro atoms. The second kappa shape index (κ2) is 28.8. The number of aromatic nitrogens is 16. The van der Waals surface area contributed by atoms with Crippen LogP contribution in [0.15, 0.2) is 44.5 Å². The van der Waals surface area contributed by atoms with E-state index in [9.17, 15) is 54.6 Å². The first-order chi connectivity index (χ1) is 45.6. The van der Waals surface area contributed by atoms with Gasteiger partial charge in [-0.05, 0) is 55.7 Å². The molecule has 16 atom stereocenters. The van der Waals surface area contributed by atoms with Gasteiger partial charge < -0.3 is 91.5 Å². The Morgan fingerprint density at radius 3 is 1.31 bits per heavy atom. The van der Waals surface area contributed by atoms with Gasteiger partial charge in [-0.25, -0.2) is 19.9 Å². The quantitative estimate of drug-likeness (QED) is 0.0138. The Balaban J connectivity index is 0.000000179. The molecule has 8 aromatic heterocycles. The van der Waals surface area contributed by atoms with Crippen LogP contribution in [0.25, 0.3) is 44.7 Å². The molecule has 98 heavy (non-hydrogen) atoms. The van der Waals surface area contributed by atoms with E-state index < -0.39 is 131 Å². The van der Waals surface area contributed by atoms with Gasteiger partial charge in [0, 0.05) is 6.42 Å². The molecule has 42 heteroatoms. The highest BCUT2D eigenvalue weighted by molar-refractivity contribution is 6.74. The van der Waals surface area contributed by atoms with Crippen LogP contribution in [0.5, 0.6) is 0 Å². The van der Waals surface area contributed by atoms with Crippen LogP contribution < -0.4 is 61.8 Å². The highest BCUT2D eigenvalue weighted by Gasteiger charge is 2.53. The number of fused-ring (bicyclic) bond motifs is 4. The van der Waals surface area contributed by atoms with E-state index >= 15 is 0 Å². The summed E-state index contributed by atoms with van der Waals surface area (Å²) in [6.45, 7) is 22.2. The molecular weight excluding hydrogens is 1320 g/mol. The van der Waals surface area contributed by atoms with Crippen molar-refractivity contribution in [3.8, 4) is 0 Å². The number of nitrogens with zero attached hydrogens (tertiary/aromatic N) is 12. The van der Waals surface area contributed by atoms with E-state index in [0.29, 0.717) is 37.9 Å². The van der Waals surface area contributed by atoms with Crippen LogP contribution in [0.3, 0.4) is 0 Å². The monoisotopic (exact) mass is 1410 g/mol. The minimum absolute atomic E-state index is 0. The molecule has 0 bridgehead atoms. The zero-order chi connectivity index (χ0) is 70.7. The molecule has 0 aliphatic carbocycles. The van der Waals surface area contributed by atoms with Crippen molar-refractivity contribution in [1.82, 2.24) is 88.8 Å². The fourth-order valence-electron chi connectivity index (χ4n) is 11.4. The van der Waals surface area contributed by atoms with Crippen molar-refractivity contribution in [1.29, 1.82) is 0 Å². The Morgan fingerprint density at radius 1 is 0.551 bits per heavy atom. The number of carbonyl (C=O) groups excluding carboxylic acids is 1. The summed E-state index contributed by atoms with van der Waals surface area (Å²) in [6, 6.07) is -1.04. The number of nitrogens with two attached hydrogens (primary N) is 5. The fourth-order valence-corrected chi connectivity index (χ4v) is 13.7. The zero-order valence-corrected chi connectivity index (χ0v) is 56.8. The Morgan fingerprint density at radius 2 is 0.918 bits per heavy atom. The maximum atomic E-state index is 12.4. The van der Waals surface area contributed by atoms with Gasteiger partial charge in [-0.15, -0.1) is 0 Å². The van der Waals surface area contributed by atoms with E-state index in [4.69, 9.17) is 56.6 Å². The van der Waals surface area contributed by atoms with Crippen molar-refractivity contribution in [3.05, 3.63) is 66.7 Å². The molecular formula is C56H89N23O17Si2. The predicted octanol–water partition coefficient (Wildman–Crippen LogP) is -2.59. The lowest BCUT2D eigenvalue weighted by Crippen LogP contribution is -2.55. The number of aliphatic hydroxyl groups excluding tert-OH is 6. The number of H-pyrrole nitrogens is 4. The number of hydrazine groups is 1. The summed E-state index contributed by atoms with van der Waals surface area (Å²) in [4.78, 5) is 101. The molecule has 4 aliphatic heterocycles. The van der Waals surface area contributed by atoms with Crippen LogP contribution in [0.4, 0.5) is 23.8 Å². The molecule has 0 saturated carbocycles. The minimum Gasteiger partial charge on any atom is -0.414 e. The van der Waals surface area contributed by atoms with E-state index in [1.54, 1.807) is 10.9 Å². The lowest BCUT2D eigenvalue weighted by atomic mass is 10.0. The molecule has 12 heterocycles. The third-order valence-corrected chi connectivity index (χ3v) is 27.7. The van der Waals surface area contributed by atoms with E-state index in [2.05, 4.69) is 138 Å². The van der Waals surface area contributed by atoms with E-state index in [-0.39, 0.29) is 98.9 Å². The molecule has 4 saturated heterocycles. The minimum atomic E-state index is -2.25. The van der Waals surface area contributed by atoms with Gasteiger partial charge in [0.1, 0.15) is 55.1 Å². The maximum absolute atomic E-state index is 12.4. The normalized spacial score (nSPS) is 27.6. The topological polar surface area (TPSA) is 602 Å². The molecule has 4 fully saturated rings. The zero-order valence-electron chi connectivity index (χ0n) is 54.8. The number of anilines is 4. The van der Waals surface area contributed by atoms with Crippen molar-refractivity contribution >= 4 is 91.4 Å². The molecule has 0 aromatic carbocycles. The van der Waals surface area contributed by atoms with Crippen molar-refractivity contribution in [2.45, 2.75) is 203 Å². The van der Waals surface area contributed by atoms with Crippen molar-refractivity contribution in [3.63, 3.8) is 0 Å². The van der Waals surface area contributed by atoms with E-state index in [1.165, 1.54) is 32.7 Å². The lowest BCUT2D eigenvalue weighted by molar-refractivity contribution is -0.112. The van der Waals surface area contributed by atoms with Crippen molar-refractivity contribution < 1.29 is 63.2 Å². The second-order valence-corrected chi connectivity index (χ2v) is 36.7. The van der Waals surface area contributed by atoms with Crippen LogP contribution >= 0.6 is 0 Å². The van der Waals surface area contributed by atoms with Gasteiger partial charge in [0.25, 0.3) is 22.2 Å². The van der Waals surface area contributed by atoms with Gasteiger partial charge in [0.2, 0.25) is 23.8 Å². The maximum Gasteiger partial charge on any atom is 0.280 e. The molecule has 40 nitrogen and oxygen atoms in total. The van der Waals surface area contributed by atoms with Crippen LogP contribution in [0.2, 0.25) is 36.3 Å². The third kappa shape index (κ3) is 14.4. The first kappa shape index (κ1) is 74.3. The Bertz CT molecular complexity index is 4370. The van der Waals surface area contributed by atoms with E-state index in [1.807, 2.05) is 0 Å². The number of aromatic amines is 4. The molecule has 0 radical (unpaired) electrons. The average Bonchev–Trinajstić information content (AvgIpc) is 1.60. The number of rotatable bonds is 18. The summed E-state index contributed by atoms with van der Waals surface area (Å²) in [5.74, 6) is 5.75. The van der Waals surface area contributed by atoms with Gasteiger partial charge in [-0.2, -0.15) is 19.9 Å². The number of aldehydes is 1. The fraction of sp³-hybridized carbons (Fsp3) is 0.625. The molecule has 4 aliphatic rings. The number of aliphatic hydroxyl groups is 6. The number of hydrogen-bond donors (Lipinski definition) is 17. The van der Waals surface area contributed by atoms with Crippen LogP contribution in [0.1, 0.15) is 93.1 Å². The van der Waals surface area contributed by atoms with Gasteiger partial charge in [-0.3, -0.25) is 68.7 Å². The Kier molecular flexibility index (Phi) is 21.8. The van der Waals surface area contributed by atoms with Gasteiger partial charge in [0.05, 0.1) is 62.8 Å². The first-order valence-corrected chi connectivity index (χ1v) is 36.9. The first-order valence-electron chi connectivity index (χ1n) is 31.1. The van der Waals surface area contributed by atoms with Gasteiger partial charge >= 0.3 is 0 Å². The van der Waals surface area contributed by atoms with Crippen LogP contribution in [-0.2, 0) is 32.6 Å². The summed E-state index contributed by atoms with van der Waals surface area (Å²) < 4.78 is 42.9. The van der Waals surface area contributed by atoms with Gasteiger partial charge in [-0.1, -0.05) is 49.0 Å². The molecule has 12 rings (SSSR count). The van der Waals surface area contributed by atoms with Crippen molar-refractivity contribution in [2.24, 2.45) is 5.84 Å². The number of nitrogen functional groups attached to an aromatic ring is 4. The van der Waals surface area contributed by atoms with Crippen molar-refractivity contribution in [2.75, 3.05) is 42.7 Å². The summed E-state index contributed by atoms with van der Waals surface area (Å²) >= 11 is 0. The number of carbonyl (C=O) groups is 1. The van der Waals surface area contributed by atoms with Crippen LogP contribution in [0, 0.1) is 0 Å². The highest BCUT2D eigenvalue weighted by atomic mass is 28.4. The molecule has 22 N–H and O–H groups in total. The summed E-state index contributed by atoms with van der Waals surface area (Å²) in [5, 5.41) is 65.3. The summed E-state index contributed by atoms with van der Waals surface area (Å²) in [6.07, 6.45) is -6.43. The summed E-state index contributed by atoms with van der Waals surface area (Å²) in [7, 11) is -4.28. The second-order valence-electron chi connectivity index (χ2n) is 27.1. The number of imidazole rings is 4. The smallest absolute Gasteiger partial charge is 0.280 e. The summed E-state index contributed by atoms with van der Waals surface area (Å²) in [5.41, 5.74) is 24.5. The predicted molar refractivity (Wildman–Crippen MR) is 358 cm³/mol. The third-order valence-electron chi connectivity index (χ3n) is 18.7. The standard InChI is InChI=1S/C22H29N11O8.C22H43N7O4Si2.C11H13N5O5.CH4/c23-21-28-15-10(17(38)30-21)26-5-32(15)19-13(36)9(8(4-34)41-19)25-3-1-2-7-12(35)14(37)20(40-7)33-6-27-11-16(33)29-22(24)31-18(11)39;1-21(2,3)34(7,8)31-11-13-14(28-24)16(33-35(9,10)22(4,5)6)19(32-13)29-12-25-15-17(29)26-20(23)27-18(15)30;12-11-14-8-5(9(20)15-11)13-3-16(8)10-7(19)6(18)4(21-10)1-2-17;/h5-9,12-14,19-20,25,34-37H,1-4H2,(H3,23,28,30,38)(H3,24,29,31,39);12-14,16,19,28H,11,24H2,1-10H3,(H3,23,26,27,30);2-4,6-7,10,18-19H,1H2,(H3,12,14,15,20);1H4/t7-,8-,9-,12-,13-,14-,19-,20-;13-,14-,16-,19-;4-,6-,7-,10-;/m111./s1. The molecule has 538 valence electrons.